The minimum absolute atomic E-state index is 0.0550. The van der Waals surface area contributed by atoms with Crippen molar-refractivity contribution in [1.82, 2.24) is 14.9 Å². The Hall–Kier alpha value is -2.12. The molecule has 0 radical (unpaired) electrons. The highest BCUT2D eigenvalue weighted by Crippen LogP contribution is 2.24. The second-order valence-corrected chi connectivity index (χ2v) is 8.46. The number of hydrogen-bond acceptors (Lipinski definition) is 5. The lowest BCUT2D eigenvalue weighted by atomic mass is 10.1. The van der Waals surface area contributed by atoms with E-state index in [9.17, 15) is 9.59 Å². The number of carbonyl (C=O) groups is 1. The first-order valence-corrected chi connectivity index (χ1v) is 10.8. The summed E-state index contributed by atoms with van der Waals surface area (Å²) in [5.41, 5.74) is 3.63. The molecule has 0 saturated carbocycles. The zero-order valence-corrected chi connectivity index (χ0v) is 17.5. The van der Waals surface area contributed by atoms with E-state index in [0.717, 1.165) is 17.7 Å². The smallest absolute Gasteiger partial charge is 0.276 e. The minimum Gasteiger partial charge on any atom is -0.353 e. The summed E-state index contributed by atoms with van der Waals surface area (Å²) >= 11 is 2.68. The predicted octanol–water partition coefficient (Wildman–Crippen LogP) is 4.07. The number of rotatable bonds is 6. The zero-order chi connectivity index (χ0) is 19.6. The molecule has 3 rings (SSSR count). The number of fused-ring (bicyclic) bond motifs is 1. The molecule has 0 aliphatic carbocycles. The standard InChI is InChI=1S/C20H23N3O2S2/c1-5-14(4)21-17(24)11-27-20-22-16-8-9-26-18(16)19(25)23(20)15-7-6-12(2)13(3)10-15/h6-10,14H,5,11H2,1-4H3,(H,21,24)/t14-/m1/s1. The molecule has 0 bridgehead atoms. The second-order valence-electron chi connectivity index (χ2n) is 6.60. The number of benzene rings is 1. The average Bonchev–Trinajstić information content (AvgIpc) is 3.11. The van der Waals surface area contributed by atoms with Crippen LogP contribution in [0, 0.1) is 13.8 Å². The minimum atomic E-state index is -0.0944. The van der Waals surface area contributed by atoms with Crippen LogP contribution in [0.2, 0.25) is 0 Å². The molecule has 0 aliphatic rings. The van der Waals surface area contributed by atoms with Gasteiger partial charge < -0.3 is 5.32 Å². The number of nitrogens with zero attached hydrogens (tertiary/aromatic N) is 2. The molecule has 0 saturated heterocycles. The predicted molar refractivity (Wildman–Crippen MR) is 113 cm³/mol. The number of thioether (sulfide) groups is 1. The van der Waals surface area contributed by atoms with Crippen LogP contribution >= 0.6 is 23.1 Å². The number of aromatic nitrogens is 2. The van der Waals surface area contributed by atoms with Gasteiger partial charge in [-0.1, -0.05) is 24.8 Å². The van der Waals surface area contributed by atoms with Crippen LogP contribution in [-0.4, -0.2) is 27.3 Å². The Morgan fingerprint density at radius 1 is 1.30 bits per heavy atom. The highest BCUT2D eigenvalue weighted by Gasteiger charge is 2.16. The normalized spacial score (nSPS) is 12.3. The Morgan fingerprint density at radius 2 is 2.07 bits per heavy atom. The molecule has 1 amide bonds. The lowest BCUT2D eigenvalue weighted by Crippen LogP contribution is -2.33. The van der Waals surface area contributed by atoms with Gasteiger partial charge in [0.15, 0.2) is 5.16 Å². The van der Waals surface area contributed by atoms with Crippen LogP contribution in [0.3, 0.4) is 0 Å². The Morgan fingerprint density at radius 3 is 2.78 bits per heavy atom. The van der Waals surface area contributed by atoms with Crippen molar-refractivity contribution >= 4 is 39.2 Å². The van der Waals surface area contributed by atoms with E-state index in [1.54, 1.807) is 4.57 Å². The third kappa shape index (κ3) is 4.25. The molecule has 5 nitrogen and oxygen atoms in total. The summed E-state index contributed by atoms with van der Waals surface area (Å²) in [6.07, 6.45) is 0.878. The van der Waals surface area contributed by atoms with Crippen molar-refractivity contribution in [3.05, 3.63) is 51.1 Å². The van der Waals surface area contributed by atoms with E-state index in [2.05, 4.69) is 10.3 Å². The van der Waals surface area contributed by atoms with Crippen LogP contribution < -0.4 is 10.9 Å². The molecule has 7 heteroatoms. The van der Waals surface area contributed by atoms with Gasteiger partial charge in [-0.15, -0.1) is 11.3 Å². The van der Waals surface area contributed by atoms with Gasteiger partial charge in [0, 0.05) is 6.04 Å². The molecule has 142 valence electrons. The van der Waals surface area contributed by atoms with Gasteiger partial charge in [-0.25, -0.2) is 4.98 Å². The molecule has 1 atom stereocenters. The third-order valence-electron chi connectivity index (χ3n) is 4.55. The summed E-state index contributed by atoms with van der Waals surface area (Å²) in [6, 6.07) is 7.89. The van der Waals surface area contributed by atoms with Gasteiger partial charge in [0.25, 0.3) is 5.56 Å². The van der Waals surface area contributed by atoms with E-state index < -0.39 is 0 Å². The van der Waals surface area contributed by atoms with E-state index in [0.29, 0.717) is 15.4 Å². The van der Waals surface area contributed by atoms with Gasteiger partial charge in [0.1, 0.15) is 4.70 Å². The van der Waals surface area contributed by atoms with Gasteiger partial charge in [-0.3, -0.25) is 14.2 Å². The van der Waals surface area contributed by atoms with Crippen LogP contribution in [0.15, 0.2) is 39.6 Å². The maximum Gasteiger partial charge on any atom is 0.276 e. The highest BCUT2D eigenvalue weighted by molar-refractivity contribution is 7.99. The Kier molecular flexibility index (Phi) is 6.01. The molecule has 0 aliphatic heterocycles. The van der Waals surface area contributed by atoms with Crippen LogP contribution in [0.1, 0.15) is 31.4 Å². The van der Waals surface area contributed by atoms with Crippen molar-refractivity contribution in [2.24, 2.45) is 0 Å². The van der Waals surface area contributed by atoms with Crippen molar-refractivity contribution in [2.75, 3.05) is 5.75 Å². The fourth-order valence-corrected chi connectivity index (χ4v) is 4.21. The summed E-state index contributed by atoms with van der Waals surface area (Å²) in [5, 5.41) is 5.35. The van der Waals surface area contributed by atoms with Crippen molar-refractivity contribution in [2.45, 2.75) is 45.3 Å². The molecule has 0 unspecified atom stereocenters. The quantitative estimate of drug-likeness (QED) is 0.499. The Balaban J connectivity index is 2.01. The maximum atomic E-state index is 13.1. The van der Waals surface area contributed by atoms with Crippen LogP contribution in [0.5, 0.6) is 0 Å². The number of carbonyl (C=O) groups excluding carboxylic acids is 1. The summed E-state index contributed by atoms with van der Waals surface area (Å²) in [4.78, 5) is 29.9. The van der Waals surface area contributed by atoms with Gasteiger partial charge in [-0.05, 0) is 61.9 Å². The molecule has 0 fully saturated rings. The lowest BCUT2D eigenvalue weighted by molar-refractivity contribution is -0.119. The Bertz CT molecular complexity index is 1040. The topological polar surface area (TPSA) is 64.0 Å². The summed E-state index contributed by atoms with van der Waals surface area (Å²) in [6.45, 7) is 8.07. The molecular weight excluding hydrogens is 378 g/mol. The largest absolute Gasteiger partial charge is 0.353 e. The van der Waals surface area contributed by atoms with Gasteiger partial charge in [-0.2, -0.15) is 0 Å². The number of nitrogens with one attached hydrogen (secondary N) is 1. The van der Waals surface area contributed by atoms with Gasteiger partial charge in [0.05, 0.1) is 17.0 Å². The van der Waals surface area contributed by atoms with Crippen LogP contribution in [0.25, 0.3) is 15.9 Å². The molecule has 27 heavy (non-hydrogen) atoms. The van der Waals surface area contributed by atoms with E-state index >= 15 is 0 Å². The number of amides is 1. The van der Waals surface area contributed by atoms with Crippen molar-refractivity contribution < 1.29 is 4.79 Å². The van der Waals surface area contributed by atoms with E-state index in [-0.39, 0.29) is 23.3 Å². The third-order valence-corrected chi connectivity index (χ3v) is 6.38. The summed E-state index contributed by atoms with van der Waals surface area (Å²) in [5.74, 6) is 0.165. The van der Waals surface area contributed by atoms with Gasteiger partial charge >= 0.3 is 0 Å². The van der Waals surface area contributed by atoms with Crippen LogP contribution in [-0.2, 0) is 4.79 Å². The van der Waals surface area contributed by atoms with Crippen molar-refractivity contribution in [3.8, 4) is 5.69 Å². The van der Waals surface area contributed by atoms with E-state index in [1.165, 1.54) is 28.7 Å². The second kappa shape index (κ2) is 8.27. The first-order valence-electron chi connectivity index (χ1n) is 8.90. The number of thiophene rings is 1. The summed E-state index contributed by atoms with van der Waals surface area (Å²) in [7, 11) is 0. The van der Waals surface area contributed by atoms with Gasteiger partial charge in [0.2, 0.25) is 5.91 Å². The van der Waals surface area contributed by atoms with Crippen molar-refractivity contribution in [1.29, 1.82) is 0 Å². The molecule has 2 heterocycles. The first kappa shape index (κ1) is 19.6. The summed E-state index contributed by atoms with van der Waals surface area (Å²) < 4.78 is 2.24. The molecular formula is C20H23N3O2S2. The first-order chi connectivity index (χ1) is 12.9. The molecule has 0 spiro atoms. The monoisotopic (exact) mass is 401 g/mol. The fourth-order valence-electron chi connectivity index (χ4n) is 2.63. The fraction of sp³-hybridized carbons (Fsp3) is 0.350. The highest BCUT2D eigenvalue weighted by atomic mass is 32.2. The molecule has 2 aromatic heterocycles. The molecule has 3 aromatic rings. The number of hydrogen-bond donors (Lipinski definition) is 1. The average molecular weight is 402 g/mol. The van der Waals surface area contributed by atoms with Crippen LogP contribution in [0.4, 0.5) is 0 Å². The number of aryl methyl sites for hydroxylation is 2. The van der Waals surface area contributed by atoms with E-state index in [4.69, 9.17) is 0 Å². The molecule has 1 aromatic carbocycles. The zero-order valence-electron chi connectivity index (χ0n) is 15.9. The Labute approximate surface area is 166 Å². The lowest BCUT2D eigenvalue weighted by Gasteiger charge is -2.14. The van der Waals surface area contributed by atoms with E-state index in [1.807, 2.05) is 57.3 Å². The van der Waals surface area contributed by atoms with Crippen molar-refractivity contribution in [3.63, 3.8) is 0 Å². The maximum absolute atomic E-state index is 13.1. The molecule has 1 N–H and O–H groups in total. The SMILES string of the molecule is CC[C@@H](C)NC(=O)CSc1nc2ccsc2c(=O)n1-c1ccc(C)c(C)c1.